The van der Waals surface area contributed by atoms with Crippen LogP contribution in [0.1, 0.15) is 62.8 Å². The Morgan fingerprint density at radius 3 is 2.38 bits per heavy atom. The SMILES string of the molecule is c1nc(CNC2CC2)c(CC23CC4CC(CC(C4)C2)C3)o1. The minimum Gasteiger partial charge on any atom is -0.448 e. The third-order valence-corrected chi connectivity index (χ3v) is 6.56. The Balaban J connectivity index is 1.33. The summed E-state index contributed by atoms with van der Waals surface area (Å²) in [5.41, 5.74) is 1.74. The topological polar surface area (TPSA) is 38.1 Å². The molecule has 3 nitrogen and oxygen atoms in total. The lowest BCUT2D eigenvalue weighted by molar-refractivity contribution is -0.0546. The first-order chi connectivity index (χ1) is 10.3. The molecular formula is C18H26N2O. The number of rotatable bonds is 5. The van der Waals surface area contributed by atoms with Gasteiger partial charge in [0, 0.05) is 19.0 Å². The van der Waals surface area contributed by atoms with E-state index in [9.17, 15) is 0 Å². The highest BCUT2D eigenvalue weighted by Gasteiger charge is 2.51. The van der Waals surface area contributed by atoms with E-state index in [2.05, 4.69) is 10.3 Å². The van der Waals surface area contributed by atoms with E-state index in [1.807, 2.05) is 0 Å². The highest BCUT2D eigenvalue weighted by atomic mass is 16.3. The van der Waals surface area contributed by atoms with E-state index in [-0.39, 0.29) is 0 Å². The minimum atomic E-state index is 0.558. The molecule has 1 heterocycles. The number of oxazole rings is 1. The van der Waals surface area contributed by atoms with Gasteiger partial charge in [0.15, 0.2) is 6.39 Å². The van der Waals surface area contributed by atoms with E-state index in [4.69, 9.17) is 4.42 Å². The first-order valence-corrected chi connectivity index (χ1v) is 8.93. The van der Waals surface area contributed by atoms with E-state index in [1.54, 1.807) is 6.39 Å². The van der Waals surface area contributed by atoms with Crippen molar-refractivity contribution in [2.45, 2.75) is 70.4 Å². The largest absolute Gasteiger partial charge is 0.448 e. The lowest BCUT2D eigenvalue weighted by Crippen LogP contribution is -2.47. The summed E-state index contributed by atoms with van der Waals surface area (Å²) in [4.78, 5) is 4.48. The quantitative estimate of drug-likeness (QED) is 0.897. The number of hydrogen-bond donors (Lipinski definition) is 1. The second-order valence-corrected chi connectivity index (χ2v) is 8.47. The monoisotopic (exact) mass is 286 g/mol. The molecule has 0 atom stereocenters. The number of nitrogens with zero attached hydrogens (tertiary/aromatic N) is 1. The number of nitrogens with one attached hydrogen (secondary N) is 1. The minimum absolute atomic E-state index is 0.558. The van der Waals surface area contributed by atoms with Crippen LogP contribution in [-0.4, -0.2) is 11.0 Å². The zero-order chi connectivity index (χ0) is 13.9. The molecule has 21 heavy (non-hydrogen) atoms. The van der Waals surface area contributed by atoms with E-state index in [0.717, 1.165) is 36.8 Å². The average Bonchev–Trinajstić information content (AvgIpc) is 3.16. The summed E-state index contributed by atoms with van der Waals surface area (Å²) in [6.45, 7) is 0.906. The van der Waals surface area contributed by atoms with E-state index in [0.29, 0.717) is 5.41 Å². The molecule has 6 rings (SSSR count). The van der Waals surface area contributed by atoms with Gasteiger partial charge in [0.2, 0.25) is 0 Å². The summed E-state index contributed by atoms with van der Waals surface area (Å²) < 4.78 is 5.81. The summed E-state index contributed by atoms with van der Waals surface area (Å²) >= 11 is 0. The van der Waals surface area contributed by atoms with E-state index < -0.39 is 0 Å². The van der Waals surface area contributed by atoms with Crippen molar-refractivity contribution in [1.29, 1.82) is 0 Å². The molecule has 114 valence electrons. The van der Waals surface area contributed by atoms with Gasteiger partial charge in [-0.1, -0.05) is 0 Å². The molecule has 0 aliphatic heterocycles. The molecule has 0 spiro atoms. The van der Waals surface area contributed by atoms with Gasteiger partial charge in [-0.25, -0.2) is 4.98 Å². The summed E-state index contributed by atoms with van der Waals surface area (Å²) in [6.07, 6.45) is 14.4. The van der Waals surface area contributed by atoms with Crippen LogP contribution in [0, 0.1) is 23.2 Å². The van der Waals surface area contributed by atoms with Gasteiger partial charge in [-0.2, -0.15) is 0 Å². The molecule has 5 aliphatic carbocycles. The first-order valence-electron chi connectivity index (χ1n) is 8.93. The van der Waals surface area contributed by atoms with Crippen LogP contribution in [0.5, 0.6) is 0 Å². The number of hydrogen-bond acceptors (Lipinski definition) is 3. The van der Waals surface area contributed by atoms with E-state index in [1.165, 1.54) is 62.8 Å². The number of aromatic nitrogens is 1. The molecule has 0 amide bonds. The summed E-state index contributed by atoms with van der Waals surface area (Å²) in [5.74, 6) is 4.25. The molecule has 5 fully saturated rings. The van der Waals surface area contributed by atoms with Gasteiger partial charge in [0.1, 0.15) is 5.76 Å². The van der Waals surface area contributed by atoms with Crippen molar-refractivity contribution in [2.75, 3.05) is 0 Å². The van der Waals surface area contributed by atoms with Crippen molar-refractivity contribution in [2.24, 2.45) is 23.2 Å². The van der Waals surface area contributed by atoms with Crippen LogP contribution < -0.4 is 5.32 Å². The van der Waals surface area contributed by atoms with Crippen LogP contribution in [0.3, 0.4) is 0 Å². The van der Waals surface area contributed by atoms with Crippen molar-refractivity contribution in [3.05, 3.63) is 17.8 Å². The molecule has 4 bridgehead atoms. The standard InChI is InChI=1S/C18H26N2O/c1-2-15(1)19-10-16-17(21-11-20-16)9-18-6-12-3-13(7-18)5-14(4-12)8-18/h11-15,19H,1-10H2. The van der Waals surface area contributed by atoms with Gasteiger partial charge >= 0.3 is 0 Å². The maximum atomic E-state index is 5.81. The third kappa shape index (κ3) is 2.34. The summed E-state index contributed by atoms with van der Waals surface area (Å²) in [6, 6.07) is 0.745. The lowest BCUT2D eigenvalue weighted by atomic mass is 9.48. The van der Waals surface area contributed by atoms with Crippen LogP contribution in [0.4, 0.5) is 0 Å². The molecule has 5 saturated carbocycles. The Morgan fingerprint density at radius 1 is 1.10 bits per heavy atom. The highest BCUT2D eigenvalue weighted by Crippen LogP contribution is 2.61. The van der Waals surface area contributed by atoms with Crippen LogP contribution >= 0.6 is 0 Å². The van der Waals surface area contributed by atoms with Gasteiger partial charge in [-0.05, 0) is 74.5 Å². The Morgan fingerprint density at radius 2 is 1.76 bits per heavy atom. The Kier molecular flexibility index (Phi) is 2.77. The molecule has 1 aromatic rings. The zero-order valence-electron chi connectivity index (χ0n) is 12.8. The van der Waals surface area contributed by atoms with Crippen molar-refractivity contribution in [3.8, 4) is 0 Å². The van der Waals surface area contributed by atoms with Gasteiger partial charge in [-0.15, -0.1) is 0 Å². The second kappa shape index (κ2) is 4.58. The second-order valence-electron chi connectivity index (χ2n) is 8.47. The Labute approximate surface area is 126 Å². The summed E-state index contributed by atoms with van der Waals surface area (Å²) in [7, 11) is 0. The summed E-state index contributed by atoms with van der Waals surface area (Å²) in [5, 5.41) is 3.58. The highest BCUT2D eigenvalue weighted by molar-refractivity contribution is 5.13. The van der Waals surface area contributed by atoms with Crippen molar-refractivity contribution in [1.82, 2.24) is 10.3 Å². The maximum Gasteiger partial charge on any atom is 0.181 e. The van der Waals surface area contributed by atoms with Crippen molar-refractivity contribution < 1.29 is 4.42 Å². The molecule has 1 N–H and O–H groups in total. The Bertz CT molecular complexity index is 496. The third-order valence-electron chi connectivity index (χ3n) is 6.56. The fraction of sp³-hybridized carbons (Fsp3) is 0.833. The molecular weight excluding hydrogens is 260 g/mol. The fourth-order valence-corrected chi connectivity index (χ4v) is 5.96. The van der Waals surface area contributed by atoms with Gasteiger partial charge in [-0.3, -0.25) is 0 Å². The lowest BCUT2D eigenvalue weighted by Gasteiger charge is -2.56. The molecule has 0 unspecified atom stereocenters. The molecule has 1 aromatic heterocycles. The average molecular weight is 286 g/mol. The fourth-order valence-electron chi connectivity index (χ4n) is 5.96. The van der Waals surface area contributed by atoms with Crippen molar-refractivity contribution >= 4 is 0 Å². The van der Waals surface area contributed by atoms with Crippen LogP contribution in [0.15, 0.2) is 10.8 Å². The van der Waals surface area contributed by atoms with E-state index >= 15 is 0 Å². The predicted octanol–water partition coefficient (Wildman–Crippen LogP) is 3.69. The first kappa shape index (κ1) is 12.7. The van der Waals surface area contributed by atoms with Crippen molar-refractivity contribution in [3.63, 3.8) is 0 Å². The van der Waals surface area contributed by atoms with Gasteiger partial charge in [0.05, 0.1) is 5.69 Å². The molecule has 3 heteroatoms. The van der Waals surface area contributed by atoms with Crippen LogP contribution in [0.2, 0.25) is 0 Å². The van der Waals surface area contributed by atoms with Gasteiger partial charge < -0.3 is 9.73 Å². The molecule has 0 saturated heterocycles. The molecule has 0 aromatic carbocycles. The normalized spacial score (nSPS) is 40.9. The molecule has 5 aliphatic rings. The van der Waals surface area contributed by atoms with Crippen LogP contribution in [-0.2, 0) is 13.0 Å². The smallest absolute Gasteiger partial charge is 0.181 e. The molecule has 0 radical (unpaired) electrons. The Hall–Kier alpha value is -0.830. The predicted molar refractivity (Wildman–Crippen MR) is 80.7 cm³/mol. The van der Waals surface area contributed by atoms with Crippen LogP contribution in [0.25, 0.3) is 0 Å². The van der Waals surface area contributed by atoms with Gasteiger partial charge in [0.25, 0.3) is 0 Å². The maximum absolute atomic E-state index is 5.81. The zero-order valence-corrected chi connectivity index (χ0v) is 12.8.